The van der Waals surface area contributed by atoms with E-state index in [1.54, 1.807) is 41.7 Å². The first-order chi connectivity index (χ1) is 13.6. The van der Waals surface area contributed by atoms with Gasteiger partial charge in [-0.15, -0.1) is 11.3 Å². The maximum Gasteiger partial charge on any atom is 0.330 e. The zero-order valence-corrected chi connectivity index (χ0v) is 15.9. The number of ketones is 2. The third-order valence-electron chi connectivity index (χ3n) is 4.69. The Kier molecular flexibility index (Phi) is 5.32. The van der Waals surface area contributed by atoms with E-state index in [0.717, 1.165) is 35.8 Å². The van der Waals surface area contributed by atoms with Gasteiger partial charge in [-0.05, 0) is 55.3 Å². The zero-order valence-electron chi connectivity index (χ0n) is 15.1. The monoisotopic (exact) mass is 394 g/mol. The molecule has 1 unspecified atom stereocenters. The van der Waals surface area contributed by atoms with Crippen LogP contribution in [0.1, 0.15) is 33.0 Å². The molecule has 2 aliphatic rings. The average Bonchev–Trinajstić information content (AvgIpc) is 3.14. The molecule has 4 rings (SSSR count). The summed E-state index contributed by atoms with van der Waals surface area (Å²) in [5, 5.41) is 0. The molecule has 1 atom stereocenters. The summed E-state index contributed by atoms with van der Waals surface area (Å²) in [6.07, 6.45) is 6.96. The first kappa shape index (κ1) is 18.5. The van der Waals surface area contributed by atoms with E-state index in [1.807, 2.05) is 12.1 Å². The Labute approximate surface area is 166 Å². The minimum absolute atomic E-state index is 0.203. The van der Waals surface area contributed by atoms with Gasteiger partial charge in [0.15, 0.2) is 17.5 Å². The largest absolute Gasteiger partial charge is 0.425 e. The molecule has 0 saturated carbocycles. The molecule has 2 aliphatic heterocycles. The number of esters is 1. The van der Waals surface area contributed by atoms with Crippen molar-refractivity contribution in [1.82, 2.24) is 0 Å². The fraction of sp³-hybridized carbons (Fsp3) is 0.227. The van der Waals surface area contributed by atoms with Crippen molar-refractivity contribution in [2.45, 2.75) is 12.8 Å². The van der Waals surface area contributed by atoms with Crippen molar-refractivity contribution in [1.29, 1.82) is 0 Å². The molecule has 5 nitrogen and oxygen atoms in total. The summed E-state index contributed by atoms with van der Waals surface area (Å²) < 4.78 is 10.5. The summed E-state index contributed by atoms with van der Waals surface area (Å²) in [7, 11) is 0. The number of allylic oxidation sites excluding steroid dienone is 1. The fourth-order valence-corrected chi connectivity index (χ4v) is 4.12. The van der Waals surface area contributed by atoms with Crippen LogP contribution < -0.4 is 4.74 Å². The van der Waals surface area contributed by atoms with Gasteiger partial charge in [0.2, 0.25) is 0 Å². The van der Waals surface area contributed by atoms with Gasteiger partial charge in [0.1, 0.15) is 5.75 Å². The van der Waals surface area contributed by atoms with Gasteiger partial charge < -0.3 is 9.47 Å². The third-order valence-corrected chi connectivity index (χ3v) is 5.68. The molecule has 0 N–H and O–H groups in total. The Balaban J connectivity index is 1.47. The predicted octanol–water partition coefficient (Wildman–Crippen LogP) is 3.94. The second kappa shape index (κ2) is 8.04. The lowest BCUT2D eigenvalue weighted by Gasteiger charge is -2.20. The predicted molar refractivity (Wildman–Crippen MR) is 106 cm³/mol. The number of hydrogen-bond acceptors (Lipinski definition) is 6. The molecule has 1 fully saturated rings. The maximum atomic E-state index is 12.5. The quantitative estimate of drug-likeness (QED) is 0.340. The molecule has 0 spiro atoms. The van der Waals surface area contributed by atoms with Gasteiger partial charge in [-0.25, -0.2) is 0 Å². The van der Waals surface area contributed by atoms with Crippen molar-refractivity contribution in [2.75, 3.05) is 13.2 Å². The highest BCUT2D eigenvalue weighted by Gasteiger charge is 2.40. The molecule has 0 amide bonds. The number of Topliss-reactive ketones (excluding diaryl/α,β-unsaturated/α-hetero) is 1. The summed E-state index contributed by atoms with van der Waals surface area (Å²) >= 11 is 1.55. The summed E-state index contributed by atoms with van der Waals surface area (Å²) in [4.78, 5) is 39.1. The lowest BCUT2D eigenvalue weighted by Crippen LogP contribution is -2.38. The van der Waals surface area contributed by atoms with Gasteiger partial charge >= 0.3 is 5.97 Å². The van der Waals surface area contributed by atoms with Gasteiger partial charge in [-0.1, -0.05) is 17.7 Å². The standard InChI is InChI=1S/C22H18O5S/c23-18(20-21(24)17-3-1-2-4-19(17)27-22(20)25)8-7-15-5-6-16(28-15)13-14-9-11-26-12-10-14/h1-8,13,20H,9-12H2/b8-7+. The molecule has 3 heterocycles. The third kappa shape index (κ3) is 3.88. The number of para-hydroxylation sites is 1. The van der Waals surface area contributed by atoms with Crippen LogP contribution >= 0.6 is 11.3 Å². The van der Waals surface area contributed by atoms with Crippen LogP contribution in [0.4, 0.5) is 0 Å². The van der Waals surface area contributed by atoms with Gasteiger partial charge in [-0.3, -0.25) is 14.4 Å². The smallest absolute Gasteiger partial charge is 0.330 e. The number of fused-ring (bicyclic) bond motifs is 1. The molecule has 142 valence electrons. The molecule has 1 aromatic carbocycles. The Morgan fingerprint density at radius 3 is 2.61 bits per heavy atom. The molecule has 0 bridgehead atoms. The van der Waals surface area contributed by atoms with Gasteiger partial charge in [0, 0.05) is 9.75 Å². The van der Waals surface area contributed by atoms with E-state index in [9.17, 15) is 14.4 Å². The minimum Gasteiger partial charge on any atom is -0.425 e. The summed E-state index contributed by atoms with van der Waals surface area (Å²) in [6.45, 7) is 1.51. The van der Waals surface area contributed by atoms with E-state index in [1.165, 1.54) is 11.6 Å². The van der Waals surface area contributed by atoms with Crippen LogP contribution in [0.3, 0.4) is 0 Å². The Morgan fingerprint density at radius 1 is 1.04 bits per heavy atom. The van der Waals surface area contributed by atoms with Crippen molar-refractivity contribution in [3.05, 3.63) is 63.4 Å². The molecule has 0 aliphatic carbocycles. The second-order valence-corrected chi connectivity index (χ2v) is 7.75. The van der Waals surface area contributed by atoms with E-state index in [4.69, 9.17) is 9.47 Å². The highest BCUT2D eigenvalue weighted by atomic mass is 32.1. The van der Waals surface area contributed by atoms with E-state index in [-0.39, 0.29) is 11.3 Å². The van der Waals surface area contributed by atoms with Crippen LogP contribution in [0.5, 0.6) is 5.75 Å². The number of hydrogen-bond donors (Lipinski definition) is 0. The highest BCUT2D eigenvalue weighted by Crippen LogP contribution is 2.29. The SMILES string of the molecule is O=C(/C=C/c1ccc(C=C2CCOCC2)s1)C1C(=O)Oc2ccccc2C1=O. The second-order valence-electron chi connectivity index (χ2n) is 6.61. The first-order valence-electron chi connectivity index (χ1n) is 9.06. The van der Waals surface area contributed by atoms with Crippen LogP contribution in [0.2, 0.25) is 0 Å². The molecule has 1 aromatic heterocycles. The number of ether oxygens (including phenoxy) is 2. The van der Waals surface area contributed by atoms with Gasteiger partial charge in [0.05, 0.1) is 18.8 Å². The van der Waals surface area contributed by atoms with Crippen LogP contribution in [-0.2, 0) is 14.3 Å². The molecule has 28 heavy (non-hydrogen) atoms. The van der Waals surface area contributed by atoms with Crippen molar-refractivity contribution >= 4 is 41.0 Å². The molecule has 1 saturated heterocycles. The number of carbonyl (C=O) groups is 3. The van der Waals surface area contributed by atoms with Crippen molar-refractivity contribution < 1.29 is 23.9 Å². The van der Waals surface area contributed by atoms with Gasteiger partial charge in [0.25, 0.3) is 0 Å². The van der Waals surface area contributed by atoms with Crippen LogP contribution in [0.25, 0.3) is 12.2 Å². The Bertz CT molecular complexity index is 990. The number of rotatable bonds is 4. The normalized spacial score (nSPS) is 19.4. The lowest BCUT2D eigenvalue weighted by molar-refractivity contribution is -0.141. The molecule has 0 radical (unpaired) electrons. The summed E-state index contributed by atoms with van der Waals surface area (Å²) in [6, 6.07) is 10.4. The molecular formula is C22H18O5S. The number of benzene rings is 1. The maximum absolute atomic E-state index is 12.5. The van der Waals surface area contributed by atoms with E-state index < -0.39 is 23.5 Å². The Hall–Kier alpha value is -2.83. The van der Waals surface area contributed by atoms with Crippen LogP contribution in [-0.4, -0.2) is 30.7 Å². The van der Waals surface area contributed by atoms with Crippen molar-refractivity contribution in [2.24, 2.45) is 5.92 Å². The van der Waals surface area contributed by atoms with E-state index in [2.05, 4.69) is 6.08 Å². The first-order valence-corrected chi connectivity index (χ1v) is 9.87. The molecule has 6 heteroatoms. The number of thiophene rings is 1. The topological polar surface area (TPSA) is 69.7 Å². The van der Waals surface area contributed by atoms with Crippen LogP contribution in [0, 0.1) is 5.92 Å². The Morgan fingerprint density at radius 2 is 1.79 bits per heavy atom. The van der Waals surface area contributed by atoms with E-state index in [0.29, 0.717) is 0 Å². The van der Waals surface area contributed by atoms with Crippen molar-refractivity contribution in [3.63, 3.8) is 0 Å². The fourth-order valence-electron chi connectivity index (χ4n) is 3.21. The van der Waals surface area contributed by atoms with Crippen LogP contribution in [0.15, 0.2) is 48.0 Å². The molecule has 2 aromatic rings. The number of carbonyl (C=O) groups excluding carboxylic acids is 3. The minimum atomic E-state index is -1.44. The van der Waals surface area contributed by atoms with Gasteiger partial charge in [-0.2, -0.15) is 0 Å². The van der Waals surface area contributed by atoms with E-state index >= 15 is 0 Å². The zero-order chi connectivity index (χ0) is 19.5. The summed E-state index contributed by atoms with van der Waals surface area (Å²) in [5.41, 5.74) is 1.62. The molecular weight excluding hydrogens is 376 g/mol. The highest BCUT2D eigenvalue weighted by molar-refractivity contribution is 7.13. The lowest BCUT2D eigenvalue weighted by atomic mass is 9.91. The average molecular weight is 394 g/mol. The van der Waals surface area contributed by atoms with Crippen molar-refractivity contribution in [3.8, 4) is 5.75 Å². The summed E-state index contributed by atoms with van der Waals surface area (Å²) in [5.74, 6) is -3.14.